The highest BCUT2D eigenvalue weighted by Gasteiger charge is 2.32. The number of nitrogen functional groups attached to an aromatic ring is 1. The number of alkyl halides is 3. The van der Waals surface area contributed by atoms with Crippen LogP contribution in [0, 0.1) is 5.82 Å². The lowest BCUT2D eigenvalue weighted by molar-refractivity contribution is -0.141. The molecule has 0 aliphatic heterocycles. The number of hydrogen-bond donors (Lipinski definition) is 2. The van der Waals surface area contributed by atoms with Gasteiger partial charge in [0.05, 0.1) is 18.1 Å². The molecule has 0 amide bonds. The van der Waals surface area contributed by atoms with Crippen LogP contribution in [0.3, 0.4) is 0 Å². The average Bonchev–Trinajstić information content (AvgIpc) is 2.54. The van der Waals surface area contributed by atoms with E-state index in [9.17, 15) is 17.6 Å². The van der Waals surface area contributed by atoms with Crippen molar-refractivity contribution in [2.75, 3.05) is 11.1 Å². The van der Waals surface area contributed by atoms with Crippen LogP contribution < -0.4 is 11.1 Å². The van der Waals surface area contributed by atoms with Gasteiger partial charge in [-0.3, -0.25) is 4.98 Å². The van der Waals surface area contributed by atoms with E-state index in [0.29, 0.717) is 0 Å². The molecule has 3 N–H and O–H groups in total. The quantitative estimate of drug-likeness (QED) is 0.700. The molecule has 11 heteroatoms. The first-order valence-corrected chi connectivity index (χ1v) is 6.75. The fourth-order valence-corrected chi connectivity index (χ4v) is 1.89. The van der Waals surface area contributed by atoms with Crippen LogP contribution in [0.25, 0.3) is 11.5 Å². The van der Waals surface area contributed by atoms with Crippen LogP contribution in [0.15, 0.2) is 36.7 Å². The molecule has 0 saturated heterocycles. The Hall–Kier alpha value is -3.37. The molecular formula is C14H9F4N7. The summed E-state index contributed by atoms with van der Waals surface area (Å²) in [5, 5.41) is 2.65. The minimum atomic E-state index is -4.61. The first-order chi connectivity index (χ1) is 11.8. The van der Waals surface area contributed by atoms with Gasteiger partial charge in [0.25, 0.3) is 0 Å². The minimum absolute atomic E-state index is 0.0888. The van der Waals surface area contributed by atoms with Crippen LogP contribution in [-0.2, 0) is 6.18 Å². The summed E-state index contributed by atoms with van der Waals surface area (Å²) in [5.74, 6) is -1.08. The molecule has 0 atom stereocenters. The third-order valence-electron chi connectivity index (χ3n) is 2.88. The second kappa shape index (κ2) is 6.26. The van der Waals surface area contributed by atoms with E-state index in [1.165, 1.54) is 18.3 Å². The molecular weight excluding hydrogens is 342 g/mol. The van der Waals surface area contributed by atoms with Crippen LogP contribution >= 0.6 is 0 Å². The number of nitrogens with one attached hydrogen (secondary N) is 1. The van der Waals surface area contributed by atoms with Gasteiger partial charge in [-0.2, -0.15) is 28.1 Å². The van der Waals surface area contributed by atoms with Crippen molar-refractivity contribution in [2.24, 2.45) is 0 Å². The zero-order chi connectivity index (χ0) is 18.0. The summed E-state index contributed by atoms with van der Waals surface area (Å²) in [6, 6.07) is 4.44. The summed E-state index contributed by atoms with van der Waals surface area (Å²) < 4.78 is 51.5. The van der Waals surface area contributed by atoms with E-state index in [0.717, 1.165) is 18.3 Å². The topological polar surface area (TPSA) is 102 Å². The third-order valence-corrected chi connectivity index (χ3v) is 2.88. The van der Waals surface area contributed by atoms with Crippen molar-refractivity contribution in [3.8, 4) is 11.5 Å². The first-order valence-electron chi connectivity index (χ1n) is 6.75. The van der Waals surface area contributed by atoms with Gasteiger partial charge in [-0.25, -0.2) is 9.37 Å². The lowest BCUT2D eigenvalue weighted by Crippen LogP contribution is -2.10. The van der Waals surface area contributed by atoms with Gasteiger partial charge in [0.15, 0.2) is 5.82 Å². The summed E-state index contributed by atoms with van der Waals surface area (Å²) in [5.41, 5.74) is 4.57. The standard InChI is InChI=1S/C14H9F4N7/c15-7-4-8(6-20-5-7)21-13-24-11(23-12(19)25-13)9-2-1-3-10(22-9)14(16,17)18/h1-6H,(H3,19,21,23,24,25). The Bertz CT molecular complexity index is 914. The van der Waals surface area contributed by atoms with Crippen molar-refractivity contribution in [3.05, 3.63) is 48.2 Å². The van der Waals surface area contributed by atoms with E-state index in [2.05, 4.69) is 30.2 Å². The Balaban J connectivity index is 1.97. The molecule has 0 aliphatic rings. The molecule has 3 aromatic heterocycles. The molecule has 0 spiro atoms. The van der Waals surface area contributed by atoms with Crippen LogP contribution in [-0.4, -0.2) is 24.9 Å². The second-order valence-corrected chi connectivity index (χ2v) is 4.76. The van der Waals surface area contributed by atoms with Crippen molar-refractivity contribution >= 4 is 17.6 Å². The molecule has 3 aromatic rings. The molecule has 3 heterocycles. The Morgan fingerprint density at radius 1 is 1.00 bits per heavy atom. The zero-order valence-electron chi connectivity index (χ0n) is 12.3. The largest absolute Gasteiger partial charge is 0.433 e. The van der Waals surface area contributed by atoms with Gasteiger partial charge >= 0.3 is 6.18 Å². The van der Waals surface area contributed by atoms with Crippen molar-refractivity contribution in [2.45, 2.75) is 6.18 Å². The first kappa shape index (κ1) is 16.5. The monoisotopic (exact) mass is 351 g/mol. The van der Waals surface area contributed by atoms with Crippen LogP contribution in [0.1, 0.15) is 5.69 Å². The molecule has 0 bridgehead atoms. The molecule has 0 saturated carbocycles. The van der Waals surface area contributed by atoms with Gasteiger partial charge in [0.2, 0.25) is 11.9 Å². The third kappa shape index (κ3) is 3.94. The van der Waals surface area contributed by atoms with E-state index in [-0.39, 0.29) is 29.1 Å². The highest BCUT2D eigenvalue weighted by molar-refractivity contribution is 5.57. The Morgan fingerprint density at radius 2 is 1.80 bits per heavy atom. The number of pyridine rings is 2. The minimum Gasteiger partial charge on any atom is -0.368 e. The molecule has 7 nitrogen and oxygen atoms in total. The number of nitrogens with zero attached hydrogens (tertiary/aromatic N) is 5. The molecule has 0 fully saturated rings. The Kier molecular flexibility index (Phi) is 4.13. The lowest BCUT2D eigenvalue weighted by atomic mass is 10.3. The number of aromatic nitrogens is 5. The number of halogens is 4. The van der Waals surface area contributed by atoms with E-state index in [1.807, 2.05) is 0 Å². The van der Waals surface area contributed by atoms with Gasteiger partial charge in [-0.15, -0.1) is 0 Å². The maximum atomic E-state index is 13.2. The van der Waals surface area contributed by atoms with Crippen LogP contribution in [0.4, 0.5) is 35.1 Å². The Labute approximate surface area is 138 Å². The van der Waals surface area contributed by atoms with Crippen LogP contribution in [0.5, 0.6) is 0 Å². The fourth-order valence-electron chi connectivity index (χ4n) is 1.89. The van der Waals surface area contributed by atoms with Gasteiger partial charge in [0, 0.05) is 6.07 Å². The van der Waals surface area contributed by atoms with Gasteiger partial charge in [-0.1, -0.05) is 6.07 Å². The zero-order valence-corrected chi connectivity index (χ0v) is 12.3. The number of hydrogen-bond acceptors (Lipinski definition) is 7. The maximum Gasteiger partial charge on any atom is 0.433 e. The summed E-state index contributed by atoms with van der Waals surface area (Å²) >= 11 is 0. The lowest BCUT2D eigenvalue weighted by Gasteiger charge is -2.09. The predicted molar refractivity (Wildman–Crippen MR) is 80.0 cm³/mol. The molecule has 0 aliphatic carbocycles. The summed E-state index contributed by atoms with van der Waals surface area (Å²) in [6.07, 6.45) is -2.29. The highest BCUT2D eigenvalue weighted by Crippen LogP contribution is 2.29. The molecule has 0 aromatic carbocycles. The van der Waals surface area contributed by atoms with E-state index < -0.39 is 17.7 Å². The average molecular weight is 351 g/mol. The highest BCUT2D eigenvalue weighted by atomic mass is 19.4. The smallest absolute Gasteiger partial charge is 0.368 e. The number of anilines is 3. The summed E-state index contributed by atoms with van der Waals surface area (Å²) in [4.78, 5) is 18.7. The SMILES string of the molecule is Nc1nc(Nc2cncc(F)c2)nc(-c2cccc(C(F)(F)F)n2)n1. The maximum absolute atomic E-state index is 13.2. The van der Waals surface area contributed by atoms with Crippen molar-refractivity contribution < 1.29 is 17.6 Å². The molecule has 128 valence electrons. The predicted octanol–water partition coefficient (Wildman–Crippen LogP) is 2.81. The molecule has 3 rings (SSSR count). The van der Waals surface area contributed by atoms with E-state index in [4.69, 9.17) is 5.73 Å². The van der Waals surface area contributed by atoms with Crippen molar-refractivity contribution in [1.29, 1.82) is 0 Å². The Morgan fingerprint density at radius 3 is 2.52 bits per heavy atom. The van der Waals surface area contributed by atoms with E-state index >= 15 is 0 Å². The fraction of sp³-hybridized carbons (Fsp3) is 0.0714. The van der Waals surface area contributed by atoms with Crippen molar-refractivity contribution in [1.82, 2.24) is 24.9 Å². The summed E-state index contributed by atoms with van der Waals surface area (Å²) in [6.45, 7) is 0. The van der Waals surface area contributed by atoms with Gasteiger partial charge in [-0.05, 0) is 12.1 Å². The van der Waals surface area contributed by atoms with Crippen LogP contribution in [0.2, 0.25) is 0 Å². The molecule has 0 radical (unpaired) electrons. The number of rotatable bonds is 3. The summed E-state index contributed by atoms with van der Waals surface area (Å²) in [7, 11) is 0. The normalized spacial score (nSPS) is 11.4. The van der Waals surface area contributed by atoms with Gasteiger partial charge in [0.1, 0.15) is 17.2 Å². The van der Waals surface area contributed by atoms with Crippen molar-refractivity contribution in [3.63, 3.8) is 0 Å². The molecule has 25 heavy (non-hydrogen) atoms. The number of nitrogens with two attached hydrogens (primary N) is 1. The second-order valence-electron chi connectivity index (χ2n) is 4.76. The molecule has 0 unspecified atom stereocenters. The van der Waals surface area contributed by atoms with Gasteiger partial charge < -0.3 is 11.1 Å². The van der Waals surface area contributed by atoms with E-state index in [1.54, 1.807) is 0 Å².